The van der Waals surface area contributed by atoms with Crippen molar-refractivity contribution in [3.8, 4) is 5.75 Å². The number of halogens is 1. The first-order valence-corrected chi connectivity index (χ1v) is 6.94. The highest BCUT2D eigenvalue weighted by atomic mass is 79.9. The van der Waals surface area contributed by atoms with Crippen LogP contribution in [0.5, 0.6) is 5.75 Å². The van der Waals surface area contributed by atoms with Crippen LogP contribution < -0.4 is 4.74 Å². The number of carboxylic acid groups (broad SMARTS) is 1. The van der Waals surface area contributed by atoms with Crippen molar-refractivity contribution in [1.82, 2.24) is 4.90 Å². The maximum Gasteiger partial charge on any atom is 0.323 e. The lowest BCUT2D eigenvalue weighted by atomic mass is 10.1. The Morgan fingerprint density at radius 1 is 1.45 bits per heavy atom. The Morgan fingerprint density at radius 2 is 2.20 bits per heavy atom. The molecule has 0 unspecified atom stereocenters. The molecule has 0 atom stereocenters. The lowest BCUT2D eigenvalue weighted by Gasteiger charge is -2.23. The number of nitrogens with zero attached hydrogens (tertiary/aromatic N) is 1. The van der Waals surface area contributed by atoms with Crippen LogP contribution >= 0.6 is 15.9 Å². The number of carboxylic acids is 1. The minimum Gasteiger partial charge on any atom is -0.488 e. The van der Waals surface area contributed by atoms with Gasteiger partial charge in [0.15, 0.2) is 0 Å². The van der Waals surface area contributed by atoms with E-state index in [9.17, 15) is 9.59 Å². The van der Waals surface area contributed by atoms with E-state index in [-0.39, 0.29) is 19.1 Å². The van der Waals surface area contributed by atoms with Crippen LogP contribution in [0.15, 0.2) is 28.2 Å². The zero-order valence-electron chi connectivity index (χ0n) is 10.9. The number of rotatable bonds is 4. The summed E-state index contributed by atoms with van der Waals surface area (Å²) in [7, 11) is 0. The van der Waals surface area contributed by atoms with E-state index in [4.69, 9.17) is 9.84 Å². The molecule has 0 aromatic heterocycles. The highest BCUT2D eigenvalue weighted by Gasteiger charge is 2.22. The molecular weight excluding hydrogens is 326 g/mol. The Bertz CT molecular complexity index is 583. The highest BCUT2D eigenvalue weighted by molar-refractivity contribution is 9.10. The van der Waals surface area contributed by atoms with Crippen LogP contribution in [0.1, 0.15) is 12.5 Å². The molecule has 0 bridgehead atoms. The first-order valence-electron chi connectivity index (χ1n) is 6.15. The molecule has 6 heteroatoms. The minimum absolute atomic E-state index is 0.156. The van der Waals surface area contributed by atoms with Crippen molar-refractivity contribution in [3.63, 3.8) is 0 Å². The number of likely N-dealkylation sites (N-methyl/N-ethyl adjacent to an activating group) is 1. The molecule has 0 saturated heterocycles. The van der Waals surface area contributed by atoms with Crippen molar-refractivity contribution in [2.24, 2.45) is 0 Å². The maximum absolute atomic E-state index is 12.3. The SMILES string of the molecule is CCN(CC(=O)O)C(=O)C1=Cc2cc(Br)ccc2OC1. The minimum atomic E-state index is -1.03. The van der Waals surface area contributed by atoms with Gasteiger partial charge in [-0.2, -0.15) is 0 Å². The van der Waals surface area contributed by atoms with Crippen LogP contribution in [0.25, 0.3) is 6.08 Å². The van der Waals surface area contributed by atoms with Crippen LogP contribution in [0.2, 0.25) is 0 Å². The standard InChI is InChI=1S/C14H14BrNO4/c1-2-16(7-13(17)18)14(19)10-5-9-6-11(15)3-4-12(9)20-8-10/h3-6H,2,7-8H2,1H3,(H,17,18). The summed E-state index contributed by atoms with van der Waals surface area (Å²) in [5.41, 5.74) is 1.26. The van der Waals surface area contributed by atoms with Gasteiger partial charge in [-0.25, -0.2) is 0 Å². The van der Waals surface area contributed by atoms with E-state index in [2.05, 4.69) is 15.9 Å². The lowest BCUT2D eigenvalue weighted by molar-refractivity contribution is -0.143. The second kappa shape index (κ2) is 6.09. The summed E-state index contributed by atoms with van der Waals surface area (Å²) in [4.78, 5) is 24.3. The van der Waals surface area contributed by atoms with Gasteiger partial charge in [0.25, 0.3) is 5.91 Å². The average molecular weight is 340 g/mol. The molecule has 1 heterocycles. The predicted octanol–water partition coefficient (Wildman–Crippen LogP) is 2.16. The molecule has 106 valence electrons. The van der Waals surface area contributed by atoms with Gasteiger partial charge >= 0.3 is 5.97 Å². The molecule has 2 rings (SSSR count). The molecule has 0 fully saturated rings. The first kappa shape index (κ1) is 14.6. The summed E-state index contributed by atoms with van der Waals surface area (Å²) in [6.07, 6.45) is 1.75. The second-order valence-electron chi connectivity index (χ2n) is 4.35. The van der Waals surface area contributed by atoms with E-state index in [1.165, 1.54) is 4.90 Å². The molecule has 0 aliphatic carbocycles. The molecule has 1 aromatic rings. The molecule has 5 nitrogen and oxygen atoms in total. The number of carbonyl (C=O) groups excluding carboxylic acids is 1. The molecule has 1 N–H and O–H groups in total. The molecular formula is C14H14BrNO4. The molecule has 0 radical (unpaired) electrons. The third-order valence-corrected chi connectivity index (χ3v) is 3.45. The Hall–Kier alpha value is -1.82. The predicted molar refractivity (Wildman–Crippen MR) is 77.5 cm³/mol. The molecule has 20 heavy (non-hydrogen) atoms. The lowest BCUT2D eigenvalue weighted by Crippen LogP contribution is -2.37. The highest BCUT2D eigenvalue weighted by Crippen LogP contribution is 2.29. The molecule has 1 aliphatic heterocycles. The summed E-state index contributed by atoms with van der Waals surface area (Å²) >= 11 is 3.36. The van der Waals surface area contributed by atoms with Crippen LogP contribution in [0, 0.1) is 0 Å². The number of ether oxygens (including phenoxy) is 1. The third-order valence-electron chi connectivity index (χ3n) is 2.95. The van der Waals surface area contributed by atoms with Gasteiger partial charge in [0.1, 0.15) is 18.9 Å². The monoisotopic (exact) mass is 339 g/mol. The average Bonchev–Trinajstić information content (AvgIpc) is 2.43. The number of carbonyl (C=O) groups is 2. The fraction of sp³-hybridized carbons (Fsp3) is 0.286. The summed E-state index contributed by atoms with van der Waals surface area (Å²) in [5.74, 6) is -0.618. The molecule has 1 aromatic carbocycles. The van der Waals surface area contributed by atoms with Gasteiger partial charge in [-0.15, -0.1) is 0 Å². The quantitative estimate of drug-likeness (QED) is 0.912. The Labute approximate surface area is 125 Å². The summed E-state index contributed by atoms with van der Waals surface area (Å²) in [5, 5.41) is 8.81. The van der Waals surface area contributed by atoms with E-state index >= 15 is 0 Å². The van der Waals surface area contributed by atoms with Gasteiger partial charge in [0.2, 0.25) is 0 Å². The number of hydrogen-bond donors (Lipinski definition) is 1. The van der Waals surface area contributed by atoms with Gasteiger partial charge in [-0.05, 0) is 31.2 Å². The van der Waals surface area contributed by atoms with E-state index < -0.39 is 5.97 Å². The molecule has 1 aliphatic rings. The van der Waals surface area contributed by atoms with Gasteiger partial charge in [0.05, 0.1) is 5.57 Å². The second-order valence-corrected chi connectivity index (χ2v) is 5.27. The fourth-order valence-corrected chi connectivity index (χ4v) is 2.34. The van der Waals surface area contributed by atoms with Crippen molar-refractivity contribution < 1.29 is 19.4 Å². The fourth-order valence-electron chi connectivity index (χ4n) is 1.97. The molecule has 0 saturated carbocycles. The molecule has 1 amide bonds. The van der Waals surface area contributed by atoms with Crippen LogP contribution in [0.3, 0.4) is 0 Å². The largest absolute Gasteiger partial charge is 0.488 e. The summed E-state index contributed by atoms with van der Waals surface area (Å²) in [6.45, 7) is 1.94. The number of aliphatic carboxylic acids is 1. The van der Waals surface area contributed by atoms with Crippen molar-refractivity contribution >= 4 is 33.9 Å². The maximum atomic E-state index is 12.3. The first-order chi connectivity index (χ1) is 9.51. The number of benzene rings is 1. The van der Waals surface area contributed by atoms with Crippen molar-refractivity contribution in [2.45, 2.75) is 6.92 Å². The van der Waals surface area contributed by atoms with E-state index in [1.807, 2.05) is 18.2 Å². The van der Waals surface area contributed by atoms with Crippen molar-refractivity contribution in [1.29, 1.82) is 0 Å². The third kappa shape index (κ3) is 3.19. The van der Waals surface area contributed by atoms with Crippen LogP contribution in [0.4, 0.5) is 0 Å². The smallest absolute Gasteiger partial charge is 0.323 e. The van der Waals surface area contributed by atoms with Gasteiger partial charge in [-0.3, -0.25) is 9.59 Å². The van der Waals surface area contributed by atoms with Crippen molar-refractivity contribution in [3.05, 3.63) is 33.8 Å². The van der Waals surface area contributed by atoms with Gasteiger partial charge in [0, 0.05) is 16.6 Å². The van der Waals surface area contributed by atoms with E-state index in [0.717, 1.165) is 10.0 Å². The Morgan fingerprint density at radius 3 is 2.85 bits per heavy atom. The van der Waals surface area contributed by atoms with Gasteiger partial charge < -0.3 is 14.7 Å². The Kier molecular flexibility index (Phi) is 4.44. The normalized spacial score (nSPS) is 13.0. The zero-order valence-corrected chi connectivity index (χ0v) is 12.5. The molecule has 0 spiro atoms. The number of fused-ring (bicyclic) bond motifs is 1. The van der Waals surface area contributed by atoms with E-state index in [1.54, 1.807) is 13.0 Å². The van der Waals surface area contributed by atoms with Crippen molar-refractivity contribution in [2.75, 3.05) is 19.7 Å². The zero-order chi connectivity index (χ0) is 14.7. The summed E-state index contributed by atoms with van der Waals surface area (Å²) < 4.78 is 6.42. The van der Waals surface area contributed by atoms with Gasteiger partial charge in [-0.1, -0.05) is 15.9 Å². The topological polar surface area (TPSA) is 66.8 Å². The summed E-state index contributed by atoms with van der Waals surface area (Å²) in [6, 6.07) is 5.55. The Balaban J connectivity index is 2.25. The van der Waals surface area contributed by atoms with Crippen LogP contribution in [-0.4, -0.2) is 41.6 Å². The number of amides is 1. The number of hydrogen-bond acceptors (Lipinski definition) is 3. The van der Waals surface area contributed by atoms with Crippen LogP contribution in [-0.2, 0) is 9.59 Å². The van der Waals surface area contributed by atoms with E-state index in [0.29, 0.717) is 17.9 Å².